The van der Waals surface area contributed by atoms with E-state index in [9.17, 15) is 13.2 Å². The van der Waals surface area contributed by atoms with Gasteiger partial charge in [-0.25, -0.2) is 14.8 Å². The van der Waals surface area contributed by atoms with Crippen molar-refractivity contribution in [1.82, 2.24) is 20.2 Å². The van der Waals surface area contributed by atoms with E-state index >= 15 is 0 Å². The summed E-state index contributed by atoms with van der Waals surface area (Å²) < 4.78 is 26.4. The molecule has 0 saturated carbocycles. The number of hydrogen-bond acceptors (Lipinski definition) is 6. The molecule has 100 valence electrons. The molecule has 0 amide bonds. The Kier molecular flexibility index (Phi) is 3.48. The number of halogens is 1. The Morgan fingerprint density at radius 1 is 1.32 bits per heavy atom. The second-order valence-corrected chi connectivity index (χ2v) is 5.68. The number of H-pyrrole nitrogens is 1. The number of aromatic amines is 1. The average molecular weight is 348 g/mol. The van der Waals surface area contributed by atoms with Gasteiger partial charge in [-0.1, -0.05) is 0 Å². The highest BCUT2D eigenvalue weighted by Gasteiger charge is 2.25. The van der Waals surface area contributed by atoms with Crippen molar-refractivity contribution in [2.45, 2.75) is 5.03 Å². The Morgan fingerprint density at radius 2 is 2.05 bits per heavy atom. The molecule has 2 rings (SSSR count). The molecule has 0 aliphatic carbocycles. The number of anilines is 1. The first-order chi connectivity index (χ1) is 8.90. The van der Waals surface area contributed by atoms with Crippen LogP contribution in [0.25, 0.3) is 0 Å². The highest BCUT2D eigenvalue weighted by Crippen LogP contribution is 2.16. The first-order valence-electron chi connectivity index (χ1n) is 4.67. The predicted molar refractivity (Wildman–Crippen MR) is 66.1 cm³/mol. The van der Waals surface area contributed by atoms with Gasteiger partial charge in [-0.2, -0.15) is 13.5 Å². The normalized spacial score (nSPS) is 11.2. The summed E-state index contributed by atoms with van der Waals surface area (Å²) in [5, 5.41) is 13.8. The topological polar surface area (TPSA) is 138 Å². The molecule has 0 saturated heterocycles. The third kappa shape index (κ3) is 2.88. The van der Waals surface area contributed by atoms with Gasteiger partial charge in [0.1, 0.15) is 10.2 Å². The summed E-state index contributed by atoms with van der Waals surface area (Å²) in [6.07, 6.45) is 3.38. The molecule has 0 spiro atoms. The fraction of sp³-hybridized carbons (Fsp3) is 0. The van der Waals surface area contributed by atoms with Crippen molar-refractivity contribution in [3.05, 3.63) is 28.8 Å². The van der Waals surface area contributed by atoms with E-state index in [1.54, 1.807) is 0 Å². The Labute approximate surface area is 115 Å². The fourth-order valence-corrected chi connectivity index (χ4v) is 2.48. The van der Waals surface area contributed by atoms with Gasteiger partial charge in [0, 0.05) is 0 Å². The molecule has 0 fully saturated rings. The zero-order valence-electron chi connectivity index (χ0n) is 9.03. The van der Waals surface area contributed by atoms with E-state index in [2.05, 4.69) is 40.8 Å². The van der Waals surface area contributed by atoms with Gasteiger partial charge in [-0.05, 0) is 15.9 Å². The molecule has 0 unspecified atom stereocenters. The molecule has 0 aliphatic heterocycles. The molecule has 0 radical (unpaired) electrons. The van der Waals surface area contributed by atoms with Crippen LogP contribution in [0.1, 0.15) is 10.4 Å². The molecule has 19 heavy (non-hydrogen) atoms. The van der Waals surface area contributed by atoms with Crippen LogP contribution in [0.2, 0.25) is 0 Å². The van der Waals surface area contributed by atoms with Crippen LogP contribution in [0.15, 0.2) is 28.2 Å². The third-order valence-corrected chi connectivity index (χ3v) is 3.70. The lowest BCUT2D eigenvalue weighted by atomic mass is 10.4. The summed E-state index contributed by atoms with van der Waals surface area (Å²) in [4.78, 5) is 18.4. The van der Waals surface area contributed by atoms with Crippen molar-refractivity contribution in [2.24, 2.45) is 0 Å². The maximum absolute atomic E-state index is 11.9. The maximum atomic E-state index is 11.9. The summed E-state index contributed by atoms with van der Waals surface area (Å²) >= 11 is 3.05. The Balaban J connectivity index is 2.35. The summed E-state index contributed by atoms with van der Waals surface area (Å²) in [6.45, 7) is 0. The smallest absolute Gasteiger partial charge is 0.340 e. The number of rotatable bonds is 4. The van der Waals surface area contributed by atoms with Gasteiger partial charge < -0.3 is 5.11 Å². The molecule has 0 aromatic carbocycles. The molecule has 9 nitrogen and oxygen atoms in total. The van der Waals surface area contributed by atoms with Gasteiger partial charge in [-0.3, -0.25) is 9.82 Å². The minimum atomic E-state index is -4.13. The lowest BCUT2D eigenvalue weighted by molar-refractivity contribution is 0.0692. The molecule has 2 heterocycles. The van der Waals surface area contributed by atoms with Crippen LogP contribution in [0.3, 0.4) is 0 Å². The van der Waals surface area contributed by atoms with Crippen LogP contribution < -0.4 is 4.72 Å². The van der Waals surface area contributed by atoms with E-state index in [0.29, 0.717) is 4.60 Å². The maximum Gasteiger partial charge on any atom is 0.340 e. The number of nitrogens with zero attached hydrogens (tertiary/aromatic N) is 3. The zero-order chi connectivity index (χ0) is 14.0. The minimum absolute atomic E-state index is 0.0471. The van der Waals surface area contributed by atoms with Crippen LogP contribution in [-0.4, -0.2) is 39.7 Å². The molecule has 11 heteroatoms. The number of nitrogens with one attached hydrogen (secondary N) is 2. The molecule has 2 aromatic heterocycles. The summed E-state index contributed by atoms with van der Waals surface area (Å²) in [5.74, 6) is -1.45. The summed E-state index contributed by atoms with van der Waals surface area (Å²) in [6, 6.07) is 0. The number of carboxylic acid groups (broad SMARTS) is 1. The van der Waals surface area contributed by atoms with Crippen molar-refractivity contribution in [3.8, 4) is 0 Å². The van der Waals surface area contributed by atoms with Crippen LogP contribution in [0.4, 0.5) is 5.82 Å². The second kappa shape index (κ2) is 4.93. The third-order valence-electron chi connectivity index (χ3n) is 1.96. The monoisotopic (exact) mass is 347 g/mol. The summed E-state index contributed by atoms with van der Waals surface area (Å²) in [5.41, 5.74) is -0.461. The Hall–Kier alpha value is -2.01. The first kappa shape index (κ1) is 13.4. The van der Waals surface area contributed by atoms with Crippen LogP contribution in [0.5, 0.6) is 0 Å². The van der Waals surface area contributed by atoms with Gasteiger partial charge in [0.25, 0.3) is 10.0 Å². The van der Waals surface area contributed by atoms with E-state index in [4.69, 9.17) is 5.11 Å². The molecule has 3 N–H and O–H groups in total. The molecule has 0 atom stereocenters. The van der Waals surface area contributed by atoms with Crippen molar-refractivity contribution < 1.29 is 18.3 Å². The number of carboxylic acids is 1. The van der Waals surface area contributed by atoms with Gasteiger partial charge in [0.2, 0.25) is 0 Å². The number of aromatic carboxylic acids is 1. The molecular formula is C8H6BrN5O4S. The van der Waals surface area contributed by atoms with E-state index in [0.717, 1.165) is 6.20 Å². The van der Waals surface area contributed by atoms with Crippen LogP contribution in [-0.2, 0) is 10.0 Å². The summed E-state index contributed by atoms with van der Waals surface area (Å²) in [7, 11) is -4.13. The molecule has 0 aliphatic rings. The largest absolute Gasteiger partial charge is 0.478 e. The van der Waals surface area contributed by atoms with Gasteiger partial charge >= 0.3 is 5.97 Å². The quantitative estimate of drug-likeness (QED) is 0.730. The highest BCUT2D eigenvalue weighted by atomic mass is 79.9. The van der Waals surface area contributed by atoms with Crippen LogP contribution >= 0.6 is 15.9 Å². The van der Waals surface area contributed by atoms with E-state index in [-0.39, 0.29) is 5.82 Å². The van der Waals surface area contributed by atoms with Crippen molar-refractivity contribution in [3.63, 3.8) is 0 Å². The predicted octanol–water partition coefficient (Wildman–Crippen LogP) is 0.461. The molecular weight excluding hydrogens is 342 g/mol. The van der Waals surface area contributed by atoms with E-state index in [1.165, 1.54) is 12.4 Å². The molecule has 2 aromatic rings. The lowest BCUT2D eigenvalue weighted by Crippen LogP contribution is -2.17. The number of carbonyl (C=O) groups is 1. The first-order valence-corrected chi connectivity index (χ1v) is 6.95. The van der Waals surface area contributed by atoms with Gasteiger partial charge in [0.05, 0.1) is 18.6 Å². The van der Waals surface area contributed by atoms with Crippen molar-refractivity contribution in [2.75, 3.05) is 4.72 Å². The van der Waals surface area contributed by atoms with E-state index in [1.807, 2.05) is 0 Å². The van der Waals surface area contributed by atoms with Crippen LogP contribution in [0, 0.1) is 0 Å². The number of hydrogen-bond donors (Lipinski definition) is 3. The second-order valence-electron chi connectivity index (χ2n) is 3.25. The Bertz CT molecular complexity index is 711. The van der Waals surface area contributed by atoms with Gasteiger partial charge in [-0.15, -0.1) is 0 Å². The number of aromatic nitrogens is 4. The SMILES string of the molecule is O=C(O)c1cn[nH]c1S(=O)(=O)Nc1cnc(Br)cn1. The minimum Gasteiger partial charge on any atom is -0.478 e. The standard InChI is InChI=1S/C8H6BrN5O4S/c9-5-2-11-6(3-10-5)14-19(17,18)7-4(8(15)16)1-12-13-7/h1-3H,(H,11,14)(H,12,13)(H,15,16). The highest BCUT2D eigenvalue weighted by molar-refractivity contribution is 9.10. The van der Waals surface area contributed by atoms with Crippen molar-refractivity contribution in [1.29, 1.82) is 0 Å². The lowest BCUT2D eigenvalue weighted by Gasteiger charge is -2.05. The Morgan fingerprint density at radius 3 is 2.63 bits per heavy atom. The number of sulfonamides is 1. The molecule has 0 bridgehead atoms. The van der Waals surface area contributed by atoms with E-state index < -0.39 is 26.6 Å². The van der Waals surface area contributed by atoms with Crippen molar-refractivity contribution >= 4 is 37.7 Å². The fourth-order valence-electron chi connectivity index (χ4n) is 1.19. The zero-order valence-corrected chi connectivity index (χ0v) is 11.4. The average Bonchev–Trinajstić information content (AvgIpc) is 2.82. The van der Waals surface area contributed by atoms with Gasteiger partial charge in [0.15, 0.2) is 10.8 Å².